The molecule has 1 fully saturated rings. The average molecular weight is 209 g/mol. The third-order valence-electron chi connectivity index (χ3n) is 3.91. The van der Waals surface area contributed by atoms with Gasteiger partial charge in [0.2, 0.25) is 0 Å². The molecule has 0 amide bonds. The number of rotatable bonds is 2. The minimum Gasteiger partial charge on any atom is -0.389 e. The second kappa shape index (κ2) is 3.30. The number of aryl methyl sites for hydroxylation is 1. The van der Waals surface area contributed by atoms with Gasteiger partial charge in [-0.1, -0.05) is 13.8 Å². The van der Waals surface area contributed by atoms with Crippen molar-refractivity contribution < 1.29 is 5.11 Å². The fourth-order valence-electron chi connectivity index (χ4n) is 2.46. The number of aliphatic hydroxyl groups is 1. The molecule has 0 bridgehead atoms. The lowest BCUT2D eigenvalue weighted by Gasteiger charge is -2.36. The minimum atomic E-state index is -0.617. The summed E-state index contributed by atoms with van der Waals surface area (Å²) < 4.78 is 1.74. The number of nitrogens with zero attached hydrogens (tertiary/aromatic N) is 3. The summed E-state index contributed by atoms with van der Waals surface area (Å²) in [6.07, 6.45) is 5.20. The monoisotopic (exact) mass is 209 g/mol. The molecule has 15 heavy (non-hydrogen) atoms. The Morgan fingerprint density at radius 3 is 2.67 bits per heavy atom. The zero-order chi connectivity index (χ0) is 11.1. The SMILES string of the molecule is Cn1ncnc1CC1(O)CCCC1(C)C. The molecule has 0 aliphatic heterocycles. The lowest BCUT2D eigenvalue weighted by Crippen LogP contribution is -2.42. The summed E-state index contributed by atoms with van der Waals surface area (Å²) in [7, 11) is 1.87. The van der Waals surface area contributed by atoms with Crippen molar-refractivity contribution in [3.8, 4) is 0 Å². The van der Waals surface area contributed by atoms with Crippen LogP contribution < -0.4 is 0 Å². The third-order valence-corrected chi connectivity index (χ3v) is 3.91. The smallest absolute Gasteiger partial charge is 0.138 e. The Kier molecular flexibility index (Phi) is 2.34. The molecule has 1 aromatic rings. The van der Waals surface area contributed by atoms with E-state index in [4.69, 9.17) is 0 Å². The van der Waals surface area contributed by atoms with Gasteiger partial charge in [0.25, 0.3) is 0 Å². The molecule has 0 spiro atoms. The van der Waals surface area contributed by atoms with E-state index in [1.807, 2.05) is 7.05 Å². The zero-order valence-electron chi connectivity index (χ0n) is 9.69. The van der Waals surface area contributed by atoms with Gasteiger partial charge in [0.05, 0.1) is 5.60 Å². The molecule has 1 aliphatic carbocycles. The summed E-state index contributed by atoms with van der Waals surface area (Å²) in [5, 5.41) is 14.7. The van der Waals surface area contributed by atoms with Crippen molar-refractivity contribution in [2.45, 2.75) is 45.1 Å². The summed E-state index contributed by atoms with van der Waals surface area (Å²) in [5.41, 5.74) is -0.632. The van der Waals surface area contributed by atoms with Crippen LogP contribution in [0.25, 0.3) is 0 Å². The van der Waals surface area contributed by atoms with Crippen LogP contribution in [0.5, 0.6) is 0 Å². The summed E-state index contributed by atoms with van der Waals surface area (Å²) in [6.45, 7) is 4.27. The molecule has 0 saturated heterocycles. The summed E-state index contributed by atoms with van der Waals surface area (Å²) in [4.78, 5) is 4.18. The molecule has 4 nitrogen and oxygen atoms in total. The summed E-state index contributed by atoms with van der Waals surface area (Å²) in [5.74, 6) is 0.868. The Morgan fingerprint density at radius 1 is 1.47 bits per heavy atom. The Labute approximate surface area is 90.3 Å². The van der Waals surface area contributed by atoms with Crippen LogP contribution in [0.15, 0.2) is 6.33 Å². The van der Waals surface area contributed by atoms with Crippen molar-refractivity contribution in [1.82, 2.24) is 14.8 Å². The van der Waals surface area contributed by atoms with E-state index in [2.05, 4.69) is 23.9 Å². The summed E-state index contributed by atoms with van der Waals surface area (Å²) in [6, 6.07) is 0. The molecule has 1 heterocycles. The Bertz CT molecular complexity index is 358. The van der Waals surface area contributed by atoms with Crippen LogP contribution in [0.3, 0.4) is 0 Å². The van der Waals surface area contributed by atoms with E-state index in [0.29, 0.717) is 6.42 Å². The van der Waals surface area contributed by atoms with Crippen LogP contribution in [0.1, 0.15) is 38.9 Å². The first-order valence-corrected chi connectivity index (χ1v) is 5.50. The molecular formula is C11H19N3O. The largest absolute Gasteiger partial charge is 0.389 e. The highest BCUT2D eigenvalue weighted by Crippen LogP contribution is 2.47. The predicted octanol–water partition coefficient (Wildman–Crippen LogP) is 1.30. The minimum absolute atomic E-state index is 0.0149. The van der Waals surface area contributed by atoms with Gasteiger partial charge in [0.1, 0.15) is 12.2 Å². The molecule has 0 radical (unpaired) electrons. The van der Waals surface area contributed by atoms with Crippen LogP contribution in [-0.4, -0.2) is 25.5 Å². The highest BCUT2D eigenvalue weighted by atomic mass is 16.3. The van der Waals surface area contributed by atoms with Crippen molar-refractivity contribution >= 4 is 0 Å². The molecule has 1 aliphatic rings. The molecule has 4 heteroatoms. The molecule has 1 unspecified atom stereocenters. The maximum Gasteiger partial charge on any atom is 0.138 e. The molecule has 2 rings (SSSR count). The van der Waals surface area contributed by atoms with Gasteiger partial charge in [-0.2, -0.15) is 5.10 Å². The Hall–Kier alpha value is -0.900. The number of aromatic nitrogens is 3. The first-order chi connectivity index (χ1) is 6.95. The maximum atomic E-state index is 10.6. The molecule has 1 aromatic heterocycles. The van der Waals surface area contributed by atoms with Gasteiger partial charge >= 0.3 is 0 Å². The lowest BCUT2D eigenvalue weighted by atomic mass is 9.75. The highest BCUT2D eigenvalue weighted by Gasteiger charge is 2.47. The first kappa shape index (κ1) is 10.6. The first-order valence-electron chi connectivity index (χ1n) is 5.50. The second-order valence-electron chi connectivity index (χ2n) is 5.25. The number of hydrogen-bond donors (Lipinski definition) is 1. The van der Waals surface area contributed by atoms with Crippen LogP contribution >= 0.6 is 0 Å². The fourth-order valence-corrected chi connectivity index (χ4v) is 2.46. The van der Waals surface area contributed by atoms with Crippen LogP contribution in [-0.2, 0) is 13.5 Å². The summed E-state index contributed by atoms with van der Waals surface area (Å²) >= 11 is 0. The third kappa shape index (κ3) is 1.67. The zero-order valence-corrected chi connectivity index (χ0v) is 9.69. The van der Waals surface area contributed by atoms with Gasteiger partial charge in [-0.25, -0.2) is 4.98 Å². The van der Waals surface area contributed by atoms with Gasteiger partial charge in [-0.05, 0) is 24.7 Å². The topological polar surface area (TPSA) is 50.9 Å². The Morgan fingerprint density at radius 2 is 2.20 bits per heavy atom. The van der Waals surface area contributed by atoms with Gasteiger partial charge in [0, 0.05) is 13.5 Å². The van der Waals surface area contributed by atoms with E-state index in [9.17, 15) is 5.11 Å². The average Bonchev–Trinajstić information content (AvgIpc) is 2.61. The van der Waals surface area contributed by atoms with Crippen molar-refractivity contribution in [2.24, 2.45) is 12.5 Å². The predicted molar refractivity (Wildman–Crippen MR) is 57.3 cm³/mol. The molecule has 0 aromatic carbocycles. The normalized spacial score (nSPS) is 29.6. The molecule has 1 saturated carbocycles. The van der Waals surface area contributed by atoms with E-state index in [-0.39, 0.29) is 5.41 Å². The lowest BCUT2D eigenvalue weighted by molar-refractivity contribution is -0.0440. The second-order valence-corrected chi connectivity index (χ2v) is 5.25. The van der Waals surface area contributed by atoms with Crippen molar-refractivity contribution in [2.75, 3.05) is 0 Å². The maximum absolute atomic E-state index is 10.6. The molecule has 84 valence electrons. The Balaban J connectivity index is 2.21. The molecular weight excluding hydrogens is 190 g/mol. The standard InChI is InChI=1S/C11H19N3O/c1-10(2)5-4-6-11(10,15)7-9-12-8-13-14(9)3/h8,15H,4-7H2,1-3H3. The van der Waals surface area contributed by atoms with Gasteiger partial charge in [0.15, 0.2) is 0 Å². The van der Waals surface area contributed by atoms with E-state index in [0.717, 1.165) is 25.1 Å². The van der Waals surface area contributed by atoms with E-state index < -0.39 is 5.60 Å². The van der Waals surface area contributed by atoms with E-state index in [1.54, 1.807) is 11.0 Å². The van der Waals surface area contributed by atoms with E-state index >= 15 is 0 Å². The fraction of sp³-hybridized carbons (Fsp3) is 0.818. The van der Waals surface area contributed by atoms with Crippen LogP contribution in [0, 0.1) is 5.41 Å². The van der Waals surface area contributed by atoms with Crippen LogP contribution in [0.4, 0.5) is 0 Å². The van der Waals surface area contributed by atoms with Crippen molar-refractivity contribution in [3.63, 3.8) is 0 Å². The number of hydrogen-bond acceptors (Lipinski definition) is 3. The van der Waals surface area contributed by atoms with E-state index in [1.165, 1.54) is 0 Å². The highest BCUT2D eigenvalue weighted by molar-refractivity contribution is 5.04. The van der Waals surface area contributed by atoms with Crippen molar-refractivity contribution in [1.29, 1.82) is 0 Å². The van der Waals surface area contributed by atoms with Gasteiger partial charge in [-0.15, -0.1) is 0 Å². The van der Waals surface area contributed by atoms with Crippen LogP contribution in [0.2, 0.25) is 0 Å². The molecule has 1 atom stereocenters. The van der Waals surface area contributed by atoms with Gasteiger partial charge in [-0.3, -0.25) is 4.68 Å². The quantitative estimate of drug-likeness (QED) is 0.798. The van der Waals surface area contributed by atoms with Gasteiger partial charge < -0.3 is 5.11 Å². The van der Waals surface area contributed by atoms with Crippen molar-refractivity contribution in [3.05, 3.63) is 12.2 Å². The molecule has 1 N–H and O–H groups in total.